The highest BCUT2D eigenvalue weighted by molar-refractivity contribution is 6.20. The number of aliphatic carboxylic acids is 1. The molecule has 4 atom stereocenters. The van der Waals surface area contributed by atoms with E-state index in [0.29, 0.717) is 5.76 Å². The Hall–Kier alpha value is -1.58. The number of ketones is 1. The summed E-state index contributed by atoms with van der Waals surface area (Å²) in [6.07, 6.45) is 5.09. The van der Waals surface area contributed by atoms with Crippen LogP contribution in [0.4, 0.5) is 0 Å². The van der Waals surface area contributed by atoms with E-state index < -0.39 is 5.97 Å². The highest BCUT2D eigenvalue weighted by atomic mass is 16.5. The number of methoxy groups -OCH3 is 1. The fourth-order valence-corrected chi connectivity index (χ4v) is 3.44. The zero-order chi connectivity index (χ0) is 11.4. The van der Waals surface area contributed by atoms with Gasteiger partial charge >= 0.3 is 5.97 Å². The number of ether oxygens (including phenoxy) is 1. The minimum Gasteiger partial charge on any atom is -0.500 e. The third-order valence-corrected chi connectivity index (χ3v) is 3.99. The SMILES string of the molecule is COC1=C(C(=O)O)C(=O)C2C3C=CC(C3)C12. The van der Waals surface area contributed by atoms with E-state index in [2.05, 4.69) is 6.08 Å². The predicted octanol–water partition coefficient (Wildman–Crippen LogP) is 0.992. The fourth-order valence-electron chi connectivity index (χ4n) is 3.44. The minimum absolute atomic E-state index is 0.0291. The van der Waals surface area contributed by atoms with Gasteiger partial charge in [0.05, 0.1) is 7.11 Å². The van der Waals surface area contributed by atoms with Crippen LogP contribution in [0.2, 0.25) is 0 Å². The van der Waals surface area contributed by atoms with Crippen LogP contribution in [0.25, 0.3) is 0 Å². The number of carboxylic acids is 1. The van der Waals surface area contributed by atoms with Crippen LogP contribution in [0.15, 0.2) is 23.5 Å². The summed E-state index contributed by atoms with van der Waals surface area (Å²) in [5.41, 5.74) is -0.129. The molecule has 4 nitrogen and oxygen atoms in total. The van der Waals surface area contributed by atoms with Crippen LogP contribution in [0.1, 0.15) is 6.42 Å². The van der Waals surface area contributed by atoms with Crippen LogP contribution < -0.4 is 0 Å². The number of allylic oxidation sites excluding steroid dienone is 3. The Morgan fingerprint density at radius 3 is 2.56 bits per heavy atom. The summed E-state index contributed by atoms with van der Waals surface area (Å²) in [6.45, 7) is 0. The van der Waals surface area contributed by atoms with E-state index in [0.717, 1.165) is 6.42 Å². The maximum Gasteiger partial charge on any atom is 0.342 e. The number of hydrogen-bond acceptors (Lipinski definition) is 3. The van der Waals surface area contributed by atoms with Crippen molar-refractivity contribution in [3.63, 3.8) is 0 Å². The van der Waals surface area contributed by atoms with Gasteiger partial charge in [-0.2, -0.15) is 0 Å². The molecule has 84 valence electrons. The number of rotatable bonds is 2. The molecule has 3 aliphatic rings. The number of carboxylic acid groups (broad SMARTS) is 1. The Morgan fingerprint density at radius 2 is 2.00 bits per heavy atom. The molecule has 3 rings (SSSR count). The minimum atomic E-state index is -1.16. The largest absolute Gasteiger partial charge is 0.500 e. The topological polar surface area (TPSA) is 63.6 Å². The fraction of sp³-hybridized carbons (Fsp3) is 0.500. The zero-order valence-electron chi connectivity index (χ0n) is 8.84. The van der Waals surface area contributed by atoms with Crippen molar-refractivity contribution in [3.8, 4) is 0 Å². The van der Waals surface area contributed by atoms with E-state index >= 15 is 0 Å². The van der Waals surface area contributed by atoms with Crippen molar-refractivity contribution < 1.29 is 19.4 Å². The van der Waals surface area contributed by atoms with E-state index in [9.17, 15) is 9.59 Å². The molecule has 1 saturated carbocycles. The number of hydrogen-bond donors (Lipinski definition) is 1. The first-order chi connectivity index (χ1) is 7.65. The van der Waals surface area contributed by atoms with E-state index in [1.165, 1.54) is 7.11 Å². The first-order valence-corrected chi connectivity index (χ1v) is 5.39. The lowest BCUT2D eigenvalue weighted by atomic mass is 9.84. The van der Waals surface area contributed by atoms with E-state index in [1.807, 2.05) is 6.08 Å². The molecule has 0 aromatic heterocycles. The normalized spacial score (nSPS) is 39.4. The molecular formula is C12H12O4. The molecule has 4 heteroatoms. The number of Topliss-reactive ketones (excluding diaryl/α,β-unsaturated/α-hetero) is 1. The highest BCUT2D eigenvalue weighted by Gasteiger charge is 2.57. The molecule has 4 unspecified atom stereocenters. The van der Waals surface area contributed by atoms with E-state index in [-0.39, 0.29) is 35.0 Å². The monoisotopic (exact) mass is 220 g/mol. The molecule has 0 aliphatic heterocycles. The van der Waals surface area contributed by atoms with E-state index in [4.69, 9.17) is 9.84 Å². The summed E-state index contributed by atoms with van der Waals surface area (Å²) >= 11 is 0. The lowest BCUT2D eigenvalue weighted by molar-refractivity contribution is -0.135. The third-order valence-electron chi connectivity index (χ3n) is 3.99. The second-order valence-electron chi connectivity index (χ2n) is 4.61. The van der Waals surface area contributed by atoms with Crippen LogP contribution in [-0.4, -0.2) is 24.0 Å². The summed E-state index contributed by atoms with van der Waals surface area (Å²) < 4.78 is 5.17. The Morgan fingerprint density at radius 1 is 1.38 bits per heavy atom. The Balaban J connectivity index is 2.10. The Kier molecular flexibility index (Phi) is 1.79. The van der Waals surface area contributed by atoms with Gasteiger partial charge in [-0.1, -0.05) is 12.2 Å². The molecule has 0 radical (unpaired) electrons. The van der Waals surface area contributed by atoms with Gasteiger partial charge in [0.15, 0.2) is 5.78 Å². The standard InChI is InChI=1S/C12H12O4/c1-16-11-8-6-3-2-5(4-6)7(8)10(13)9(11)12(14)15/h2-3,5-8H,4H2,1H3,(H,14,15). The first kappa shape index (κ1) is 9.63. The quantitative estimate of drug-likeness (QED) is 0.557. The molecule has 0 aromatic carbocycles. The lowest BCUT2D eigenvalue weighted by Gasteiger charge is -2.20. The van der Waals surface area contributed by atoms with Gasteiger partial charge in [0.25, 0.3) is 0 Å². The molecular weight excluding hydrogens is 208 g/mol. The van der Waals surface area contributed by atoms with Crippen LogP contribution in [0, 0.1) is 23.7 Å². The second-order valence-corrected chi connectivity index (χ2v) is 4.61. The van der Waals surface area contributed by atoms with Crippen LogP contribution in [0.5, 0.6) is 0 Å². The van der Waals surface area contributed by atoms with E-state index in [1.54, 1.807) is 0 Å². The van der Waals surface area contributed by atoms with Gasteiger partial charge in [-0.25, -0.2) is 4.79 Å². The van der Waals surface area contributed by atoms with Crippen molar-refractivity contribution in [1.29, 1.82) is 0 Å². The molecule has 0 aromatic rings. The molecule has 0 heterocycles. The third kappa shape index (κ3) is 0.944. The molecule has 1 fully saturated rings. The van der Waals surface area contributed by atoms with Gasteiger partial charge in [-0.3, -0.25) is 4.79 Å². The Labute approximate surface area is 92.6 Å². The molecule has 0 saturated heterocycles. The van der Waals surface area contributed by atoms with Gasteiger partial charge in [-0.15, -0.1) is 0 Å². The summed E-state index contributed by atoms with van der Waals surface area (Å²) in [5.74, 6) is -0.730. The number of carbonyl (C=O) groups excluding carboxylic acids is 1. The zero-order valence-corrected chi connectivity index (χ0v) is 8.84. The lowest BCUT2D eigenvalue weighted by Crippen LogP contribution is -2.23. The second kappa shape index (κ2) is 2.97. The first-order valence-electron chi connectivity index (χ1n) is 5.39. The average Bonchev–Trinajstić information content (AvgIpc) is 2.88. The molecule has 0 spiro atoms. The summed E-state index contributed by atoms with van der Waals surface area (Å²) in [6, 6.07) is 0. The molecule has 1 N–H and O–H groups in total. The molecule has 3 aliphatic carbocycles. The van der Waals surface area contributed by atoms with Crippen molar-refractivity contribution in [2.24, 2.45) is 23.7 Å². The van der Waals surface area contributed by atoms with Crippen LogP contribution in [-0.2, 0) is 14.3 Å². The summed E-state index contributed by atoms with van der Waals surface area (Å²) in [5, 5.41) is 9.05. The average molecular weight is 220 g/mol. The van der Waals surface area contributed by atoms with Crippen molar-refractivity contribution in [2.45, 2.75) is 6.42 Å². The van der Waals surface area contributed by atoms with Crippen molar-refractivity contribution in [3.05, 3.63) is 23.5 Å². The highest BCUT2D eigenvalue weighted by Crippen LogP contribution is 2.56. The summed E-state index contributed by atoms with van der Waals surface area (Å²) in [4.78, 5) is 23.1. The molecule has 0 amide bonds. The maximum atomic E-state index is 12.0. The summed E-state index contributed by atoms with van der Waals surface area (Å²) in [7, 11) is 1.45. The van der Waals surface area contributed by atoms with Gasteiger partial charge in [0, 0.05) is 11.8 Å². The van der Waals surface area contributed by atoms with Crippen molar-refractivity contribution >= 4 is 11.8 Å². The van der Waals surface area contributed by atoms with Gasteiger partial charge in [0.2, 0.25) is 0 Å². The predicted molar refractivity (Wildman–Crippen MR) is 54.4 cm³/mol. The smallest absolute Gasteiger partial charge is 0.342 e. The van der Waals surface area contributed by atoms with Crippen LogP contribution in [0.3, 0.4) is 0 Å². The number of fused-ring (bicyclic) bond motifs is 5. The van der Waals surface area contributed by atoms with Crippen LogP contribution >= 0.6 is 0 Å². The van der Waals surface area contributed by atoms with Crippen molar-refractivity contribution in [1.82, 2.24) is 0 Å². The van der Waals surface area contributed by atoms with Gasteiger partial charge < -0.3 is 9.84 Å². The van der Waals surface area contributed by atoms with Crippen molar-refractivity contribution in [2.75, 3.05) is 7.11 Å². The van der Waals surface area contributed by atoms with Gasteiger partial charge in [-0.05, 0) is 18.3 Å². The molecule has 2 bridgehead atoms. The van der Waals surface area contributed by atoms with Gasteiger partial charge in [0.1, 0.15) is 11.3 Å². The molecule has 16 heavy (non-hydrogen) atoms. The maximum absolute atomic E-state index is 12.0. The Bertz CT molecular complexity index is 446. The number of carbonyl (C=O) groups is 2.